The number of carbonyl (C=O) groups excluding carboxylic acids is 1. The van der Waals surface area contributed by atoms with Crippen LogP contribution in [-0.4, -0.2) is 32.5 Å². The predicted molar refractivity (Wildman–Crippen MR) is 107 cm³/mol. The maximum Gasteiger partial charge on any atom is 0.219 e. The number of H-pyrrole nitrogens is 1. The first-order chi connectivity index (χ1) is 13.1. The monoisotopic (exact) mass is 362 g/mol. The van der Waals surface area contributed by atoms with Crippen LogP contribution >= 0.6 is 0 Å². The molecule has 0 unspecified atom stereocenters. The fraction of sp³-hybridized carbons (Fsp3) is 0.250. The Morgan fingerprint density at radius 1 is 1.26 bits per heavy atom. The van der Waals surface area contributed by atoms with Crippen LogP contribution in [0.1, 0.15) is 18.9 Å². The normalized spacial score (nSPS) is 11.2. The minimum absolute atomic E-state index is 0.0568. The Balaban J connectivity index is 1.71. The molecule has 0 fully saturated rings. The van der Waals surface area contributed by atoms with Crippen molar-refractivity contribution in [1.82, 2.24) is 24.8 Å². The first-order valence-corrected chi connectivity index (χ1v) is 8.98. The number of carbonyl (C=O) groups is 1. The number of imidazole rings is 1. The van der Waals surface area contributed by atoms with Gasteiger partial charge in [-0.1, -0.05) is 31.2 Å². The van der Waals surface area contributed by atoms with Crippen molar-refractivity contribution < 1.29 is 4.79 Å². The van der Waals surface area contributed by atoms with Crippen LogP contribution in [0.4, 0.5) is 5.82 Å². The third-order valence-corrected chi connectivity index (χ3v) is 4.75. The van der Waals surface area contributed by atoms with Gasteiger partial charge in [0.1, 0.15) is 11.2 Å². The number of benzene rings is 1. The number of aryl methyl sites for hydroxylation is 1. The van der Waals surface area contributed by atoms with Crippen molar-refractivity contribution in [1.29, 1.82) is 0 Å². The number of aromatic amines is 1. The average Bonchev–Trinajstić information content (AvgIpc) is 3.29. The number of nitrogens with one attached hydrogen (secondary N) is 3. The molecule has 0 aliphatic heterocycles. The second-order valence-electron chi connectivity index (χ2n) is 6.54. The van der Waals surface area contributed by atoms with E-state index in [2.05, 4.69) is 43.8 Å². The first-order valence-electron chi connectivity index (χ1n) is 8.98. The number of pyridine rings is 1. The van der Waals surface area contributed by atoms with Crippen molar-refractivity contribution >= 4 is 33.8 Å². The number of rotatable bonds is 5. The minimum atomic E-state index is 0.0568. The Kier molecular flexibility index (Phi) is 4.27. The zero-order valence-corrected chi connectivity index (χ0v) is 15.6. The molecule has 0 atom stereocenters. The molecule has 4 aromatic rings. The van der Waals surface area contributed by atoms with Crippen LogP contribution in [0, 0.1) is 0 Å². The molecular weight excluding hydrogens is 340 g/mol. The maximum atomic E-state index is 11.4. The fourth-order valence-corrected chi connectivity index (χ4v) is 3.26. The summed E-state index contributed by atoms with van der Waals surface area (Å²) in [5.41, 5.74) is 5.87. The van der Waals surface area contributed by atoms with Gasteiger partial charge >= 0.3 is 0 Å². The Morgan fingerprint density at radius 2 is 2.04 bits per heavy atom. The van der Waals surface area contributed by atoms with Gasteiger partial charge in [0.25, 0.3) is 0 Å². The molecule has 0 aliphatic carbocycles. The second kappa shape index (κ2) is 6.75. The van der Waals surface area contributed by atoms with Gasteiger partial charge in [0.2, 0.25) is 5.91 Å². The van der Waals surface area contributed by atoms with Crippen molar-refractivity contribution in [2.75, 3.05) is 12.4 Å². The van der Waals surface area contributed by atoms with E-state index in [1.54, 1.807) is 6.33 Å². The molecule has 0 saturated carbocycles. The molecule has 0 radical (unpaired) electrons. The number of hydrogen-bond acceptors (Lipinski definition) is 4. The molecule has 7 nitrogen and oxygen atoms in total. The van der Waals surface area contributed by atoms with Crippen LogP contribution in [0.15, 0.2) is 36.7 Å². The van der Waals surface area contributed by atoms with Crippen LogP contribution < -0.4 is 10.6 Å². The Morgan fingerprint density at radius 3 is 2.74 bits per heavy atom. The molecule has 7 heteroatoms. The highest BCUT2D eigenvalue weighted by molar-refractivity contribution is 6.07. The molecule has 1 aromatic carbocycles. The quantitative estimate of drug-likeness (QED) is 0.509. The summed E-state index contributed by atoms with van der Waals surface area (Å²) in [6.45, 7) is 2.39. The summed E-state index contributed by atoms with van der Waals surface area (Å²) < 4.78 is 2.01. The Labute approximate surface area is 156 Å². The molecule has 3 heterocycles. The lowest BCUT2D eigenvalue weighted by atomic mass is 10.1. The van der Waals surface area contributed by atoms with Gasteiger partial charge in [-0.15, -0.1) is 0 Å². The van der Waals surface area contributed by atoms with Gasteiger partial charge in [-0.05, 0) is 17.2 Å². The van der Waals surface area contributed by atoms with E-state index in [-0.39, 0.29) is 5.91 Å². The summed E-state index contributed by atoms with van der Waals surface area (Å²) in [7, 11) is 3.84. The van der Waals surface area contributed by atoms with Crippen molar-refractivity contribution in [3.63, 3.8) is 0 Å². The molecule has 0 aliphatic rings. The topological polar surface area (TPSA) is 87.6 Å². The lowest BCUT2D eigenvalue weighted by Crippen LogP contribution is -2.21. The summed E-state index contributed by atoms with van der Waals surface area (Å²) in [5, 5.41) is 7.05. The van der Waals surface area contributed by atoms with Crippen LogP contribution in [0.25, 0.3) is 33.3 Å². The minimum Gasteiger partial charge on any atom is -0.371 e. The van der Waals surface area contributed by atoms with Crippen molar-refractivity contribution in [3.8, 4) is 11.3 Å². The molecule has 3 aromatic heterocycles. The Bertz CT molecular complexity index is 1120. The molecule has 0 saturated heterocycles. The zero-order valence-electron chi connectivity index (χ0n) is 15.6. The second-order valence-corrected chi connectivity index (χ2v) is 6.54. The van der Waals surface area contributed by atoms with Crippen LogP contribution in [-0.2, 0) is 18.4 Å². The van der Waals surface area contributed by atoms with Gasteiger partial charge in [-0.3, -0.25) is 4.79 Å². The van der Waals surface area contributed by atoms with E-state index in [0.717, 1.165) is 44.7 Å². The third kappa shape index (κ3) is 3.01. The third-order valence-electron chi connectivity index (χ3n) is 4.75. The van der Waals surface area contributed by atoms with Crippen LogP contribution in [0.2, 0.25) is 0 Å². The summed E-state index contributed by atoms with van der Waals surface area (Å²) in [4.78, 5) is 23.9. The molecule has 1 amide bonds. The van der Waals surface area contributed by atoms with Gasteiger partial charge in [-0.2, -0.15) is 0 Å². The van der Waals surface area contributed by atoms with Gasteiger partial charge in [0.05, 0.1) is 11.8 Å². The molecule has 0 bridgehead atoms. The predicted octanol–water partition coefficient (Wildman–Crippen LogP) is 3.18. The highest BCUT2D eigenvalue weighted by Gasteiger charge is 2.15. The lowest BCUT2D eigenvalue weighted by Gasteiger charge is -2.05. The van der Waals surface area contributed by atoms with E-state index in [1.165, 1.54) is 0 Å². The van der Waals surface area contributed by atoms with E-state index < -0.39 is 0 Å². The van der Waals surface area contributed by atoms with E-state index in [1.807, 2.05) is 37.7 Å². The van der Waals surface area contributed by atoms with Crippen molar-refractivity contribution in [3.05, 3.63) is 42.2 Å². The Hall–Kier alpha value is -3.35. The van der Waals surface area contributed by atoms with E-state index >= 15 is 0 Å². The number of anilines is 1. The molecule has 0 spiro atoms. The number of amides is 1. The highest BCUT2D eigenvalue weighted by Crippen LogP contribution is 2.31. The maximum absolute atomic E-state index is 11.4. The van der Waals surface area contributed by atoms with Gasteiger partial charge < -0.3 is 20.2 Å². The highest BCUT2D eigenvalue weighted by atomic mass is 16.1. The van der Waals surface area contributed by atoms with Crippen LogP contribution in [0.3, 0.4) is 0 Å². The van der Waals surface area contributed by atoms with E-state index in [9.17, 15) is 4.79 Å². The summed E-state index contributed by atoms with van der Waals surface area (Å²) >= 11 is 0. The van der Waals surface area contributed by atoms with Crippen molar-refractivity contribution in [2.45, 2.75) is 19.9 Å². The molecule has 27 heavy (non-hydrogen) atoms. The van der Waals surface area contributed by atoms with Gasteiger partial charge in [0, 0.05) is 38.1 Å². The standard InChI is InChI=1S/C20H22N6O/c1-4-16(27)22-10-12-5-7-13(8-6-12)15-9-14-18-17(23-11-26(18)3)20(21-2)25-19(14)24-15/h5-9,11H,4,10H2,1-3H3,(H,22,27)(H2,21,24,25). The largest absolute Gasteiger partial charge is 0.371 e. The first kappa shape index (κ1) is 17.1. The molecular formula is C20H22N6O. The van der Waals surface area contributed by atoms with Gasteiger partial charge in [-0.25, -0.2) is 9.97 Å². The number of aromatic nitrogens is 4. The van der Waals surface area contributed by atoms with E-state index in [0.29, 0.717) is 13.0 Å². The van der Waals surface area contributed by atoms with Crippen LogP contribution in [0.5, 0.6) is 0 Å². The molecule has 4 rings (SSSR count). The fourth-order valence-electron chi connectivity index (χ4n) is 3.26. The molecule has 3 N–H and O–H groups in total. The summed E-state index contributed by atoms with van der Waals surface area (Å²) in [5.74, 6) is 0.815. The number of nitrogens with zero attached hydrogens (tertiary/aromatic N) is 3. The zero-order chi connectivity index (χ0) is 19.0. The molecule has 138 valence electrons. The van der Waals surface area contributed by atoms with E-state index in [4.69, 9.17) is 0 Å². The summed E-state index contributed by atoms with van der Waals surface area (Å²) in [6, 6.07) is 10.3. The van der Waals surface area contributed by atoms with Gasteiger partial charge in [0.15, 0.2) is 5.82 Å². The van der Waals surface area contributed by atoms with Crippen molar-refractivity contribution in [2.24, 2.45) is 7.05 Å². The SMILES string of the molecule is CCC(=O)NCc1ccc(-c2cc3c(nc(NC)c4ncn(C)c43)[nH]2)cc1. The lowest BCUT2D eigenvalue weighted by molar-refractivity contribution is -0.120. The smallest absolute Gasteiger partial charge is 0.219 e. The number of fused-ring (bicyclic) bond motifs is 3. The average molecular weight is 362 g/mol. The number of hydrogen-bond donors (Lipinski definition) is 3. The summed E-state index contributed by atoms with van der Waals surface area (Å²) in [6.07, 6.45) is 2.30.